The molecule has 0 rings (SSSR count). The van der Waals surface area contributed by atoms with Crippen molar-refractivity contribution in [2.45, 2.75) is 58.9 Å². The van der Waals surface area contributed by atoms with Gasteiger partial charge in [-0.25, -0.2) is 4.58 Å². The molecule has 1 unspecified atom stereocenters. The SMILES string of the molecule is CO[Si](C)(OO[Si](C)(C)C)O[Si](C)(C)C.C[SiH2]C. The Morgan fingerprint density at radius 2 is 1.11 bits per heavy atom. The second-order valence-electron chi connectivity index (χ2n) is 6.27. The standard InChI is InChI=1S/C8H24O4Si3.C2H8Si/c1-9-15(8,12-14(5,6)7)11-10-13(2,3)4;1-3-2/h1-8H3;3H2,1-2H3. The first-order valence-electron chi connectivity index (χ1n) is 6.51. The van der Waals surface area contributed by atoms with E-state index in [1.54, 1.807) is 7.11 Å². The van der Waals surface area contributed by atoms with Gasteiger partial charge in [-0.15, -0.1) is 0 Å². The fourth-order valence-electron chi connectivity index (χ4n) is 0.850. The topological polar surface area (TPSA) is 36.9 Å². The first-order valence-corrected chi connectivity index (χ1v) is 18.4. The van der Waals surface area contributed by atoms with Crippen LogP contribution in [0.5, 0.6) is 0 Å². The molecule has 18 heavy (non-hydrogen) atoms. The van der Waals surface area contributed by atoms with E-state index in [1.807, 2.05) is 6.55 Å². The normalized spacial score (nSPS) is 15.7. The van der Waals surface area contributed by atoms with Crippen molar-refractivity contribution in [1.82, 2.24) is 0 Å². The minimum Gasteiger partial charge on any atom is -0.415 e. The van der Waals surface area contributed by atoms with E-state index in [0.717, 1.165) is 0 Å². The zero-order chi connectivity index (χ0) is 15.0. The maximum Gasteiger partial charge on any atom is 0.514 e. The van der Waals surface area contributed by atoms with Crippen molar-refractivity contribution in [2.75, 3.05) is 7.11 Å². The summed E-state index contributed by atoms with van der Waals surface area (Å²) in [6.45, 7) is 18.9. The Morgan fingerprint density at radius 1 is 0.722 bits per heavy atom. The van der Waals surface area contributed by atoms with E-state index in [1.165, 1.54) is 0 Å². The summed E-state index contributed by atoms with van der Waals surface area (Å²) < 4.78 is 22.1. The van der Waals surface area contributed by atoms with E-state index in [2.05, 4.69) is 52.4 Å². The molecular formula is C10H32O4Si4. The third-order valence-electron chi connectivity index (χ3n) is 1.31. The van der Waals surface area contributed by atoms with Crippen molar-refractivity contribution in [3.63, 3.8) is 0 Å². The van der Waals surface area contributed by atoms with Crippen LogP contribution in [0.4, 0.5) is 0 Å². The molecule has 0 aromatic rings. The predicted molar refractivity (Wildman–Crippen MR) is 88.8 cm³/mol. The molecule has 0 bridgehead atoms. The van der Waals surface area contributed by atoms with Gasteiger partial charge in [-0.3, -0.25) is 4.58 Å². The van der Waals surface area contributed by atoms with Crippen LogP contribution in [0.1, 0.15) is 0 Å². The van der Waals surface area contributed by atoms with Crippen molar-refractivity contribution in [3.8, 4) is 0 Å². The van der Waals surface area contributed by atoms with Gasteiger partial charge in [-0.1, -0.05) is 13.1 Å². The summed E-state index contributed by atoms with van der Waals surface area (Å²) in [5.41, 5.74) is 0. The minimum absolute atomic E-state index is 0.417. The smallest absolute Gasteiger partial charge is 0.415 e. The third kappa shape index (κ3) is 14.8. The molecule has 0 aliphatic rings. The molecule has 0 saturated carbocycles. The van der Waals surface area contributed by atoms with Gasteiger partial charge in [0, 0.05) is 23.2 Å². The van der Waals surface area contributed by atoms with E-state index >= 15 is 0 Å². The van der Waals surface area contributed by atoms with Crippen LogP contribution < -0.4 is 0 Å². The lowest BCUT2D eigenvalue weighted by Crippen LogP contribution is -2.50. The van der Waals surface area contributed by atoms with Gasteiger partial charge in [-0.05, 0) is 39.3 Å². The first kappa shape index (κ1) is 21.0. The lowest BCUT2D eigenvalue weighted by Gasteiger charge is -2.32. The molecular weight excluding hydrogens is 296 g/mol. The molecule has 1 atom stereocenters. The average Bonchev–Trinajstić information content (AvgIpc) is 2.13. The zero-order valence-corrected chi connectivity index (χ0v) is 18.3. The molecule has 0 amide bonds. The first-order chi connectivity index (χ1) is 7.89. The van der Waals surface area contributed by atoms with E-state index in [9.17, 15) is 0 Å². The number of hydrogen-bond acceptors (Lipinski definition) is 4. The van der Waals surface area contributed by atoms with Gasteiger partial charge in [0.1, 0.15) is 0 Å². The van der Waals surface area contributed by atoms with Crippen LogP contribution in [0, 0.1) is 0 Å². The predicted octanol–water partition coefficient (Wildman–Crippen LogP) is 3.09. The summed E-state index contributed by atoms with van der Waals surface area (Å²) in [4.78, 5) is 0. The lowest BCUT2D eigenvalue weighted by molar-refractivity contribution is -0.161. The highest BCUT2D eigenvalue weighted by Gasteiger charge is 2.41. The Bertz CT molecular complexity index is 215. The van der Waals surface area contributed by atoms with E-state index in [-0.39, 0.29) is 0 Å². The van der Waals surface area contributed by atoms with Gasteiger partial charge in [0.2, 0.25) is 8.32 Å². The molecule has 0 N–H and O–H groups in total. The zero-order valence-electron chi connectivity index (χ0n) is 13.8. The molecule has 0 fully saturated rings. The highest BCUT2D eigenvalue weighted by Crippen LogP contribution is 2.18. The van der Waals surface area contributed by atoms with Gasteiger partial charge in [0.05, 0.1) is 0 Å². The summed E-state index contributed by atoms with van der Waals surface area (Å²) in [6, 6.07) is 0. The molecule has 4 nitrogen and oxygen atoms in total. The molecule has 0 spiro atoms. The molecule has 112 valence electrons. The fourth-order valence-corrected chi connectivity index (χ4v) is 7.44. The lowest BCUT2D eigenvalue weighted by atomic mass is 11.8. The largest absolute Gasteiger partial charge is 0.514 e. The molecule has 0 aliphatic carbocycles. The second kappa shape index (κ2) is 8.79. The van der Waals surface area contributed by atoms with Crippen LogP contribution >= 0.6 is 0 Å². The summed E-state index contributed by atoms with van der Waals surface area (Å²) in [5.74, 6) is 0. The Labute approximate surface area is 119 Å². The maximum absolute atomic E-state index is 5.90. The van der Waals surface area contributed by atoms with Crippen molar-refractivity contribution in [3.05, 3.63) is 0 Å². The van der Waals surface area contributed by atoms with Crippen molar-refractivity contribution < 1.29 is 17.7 Å². The molecule has 0 heterocycles. The molecule has 0 aromatic heterocycles. The average molecular weight is 329 g/mol. The summed E-state index contributed by atoms with van der Waals surface area (Å²) >= 11 is 0. The second-order valence-corrected chi connectivity index (χ2v) is 19.4. The molecule has 0 radical (unpaired) electrons. The molecule has 0 aromatic carbocycles. The Kier molecular flexibility index (Phi) is 10.3. The van der Waals surface area contributed by atoms with Crippen molar-refractivity contribution >= 4 is 35.0 Å². The van der Waals surface area contributed by atoms with Gasteiger partial charge < -0.3 is 8.54 Å². The van der Waals surface area contributed by atoms with Crippen LogP contribution in [0.2, 0.25) is 58.9 Å². The molecule has 8 heteroatoms. The fraction of sp³-hybridized carbons (Fsp3) is 1.00. The van der Waals surface area contributed by atoms with Crippen molar-refractivity contribution in [1.29, 1.82) is 0 Å². The van der Waals surface area contributed by atoms with Crippen molar-refractivity contribution in [2.24, 2.45) is 0 Å². The third-order valence-corrected chi connectivity index (χ3v) is 7.12. The Hall–Kier alpha value is 0.708. The van der Waals surface area contributed by atoms with E-state index in [0.29, 0.717) is 9.52 Å². The monoisotopic (exact) mass is 328 g/mol. The van der Waals surface area contributed by atoms with E-state index < -0.39 is 25.4 Å². The van der Waals surface area contributed by atoms with Crippen LogP contribution in [0.25, 0.3) is 0 Å². The van der Waals surface area contributed by atoms with Crippen LogP contribution in [-0.2, 0) is 17.7 Å². The Balaban J connectivity index is 0. The highest BCUT2D eigenvalue weighted by molar-refractivity contribution is 6.79. The van der Waals surface area contributed by atoms with Gasteiger partial charge >= 0.3 is 8.80 Å². The van der Waals surface area contributed by atoms with Gasteiger partial charge in [-0.2, -0.15) is 0 Å². The Morgan fingerprint density at radius 3 is 1.33 bits per heavy atom. The van der Waals surface area contributed by atoms with Crippen LogP contribution in [0.15, 0.2) is 0 Å². The minimum atomic E-state index is -2.59. The summed E-state index contributed by atoms with van der Waals surface area (Å²) in [7, 11) is -3.92. The van der Waals surface area contributed by atoms with Crippen LogP contribution in [-0.4, -0.2) is 42.1 Å². The summed E-state index contributed by atoms with van der Waals surface area (Å²) in [5, 5.41) is 0. The number of rotatable bonds is 6. The van der Waals surface area contributed by atoms with Crippen LogP contribution in [0.3, 0.4) is 0 Å². The van der Waals surface area contributed by atoms with Gasteiger partial charge in [0.25, 0.3) is 0 Å². The molecule has 0 saturated heterocycles. The highest BCUT2D eigenvalue weighted by atomic mass is 28.5. The maximum atomic E-state index is 5.90. The van der Waals surface area contributed by atoms with Gasteiger partial charge in [0.15, 0.2) is 8.32 Å². The van der Waals surface area contributed by atoms with E-state index in [4.69, 9.17) is 17.7 Å². The number of hydrogen-bond donors (Lipinski definition) is 0. The summed E-state index contributed by atoms with van der Waals surface area (Å²) in [6.07, 6.45) is 0. The molecule has 0 aliphatic heterocycles. The quantitative estimate of drug-likeness (QED) is 0.426.